The Hall–Kier alpha value is -6.24. The molecule has 0 heteroatoms. The van der Waals surface area contributed by atoms with Crippen molar-refractivity contribution in [2.24, 2.45) is 0 Å². The summed E-state index contributed by atoms with van der Waals surface area (Å²) < 4.78 is 0. The van der Waals surface area contributed by atoms with Crippen LogP contribution in [0.5, 0.6) is 0 Å². The second-order valence-electron chi connectivity index (χ2n) is 14.2. The highest BCUT2D eigenvalue weighted by Gasteiger charge is 2.13. The van der Waals surface area contributed by atoms with E-state index >= 15 is 0 Å². The molecule has 216 valence electrons. The minimum absolute atomic E-state index is 1.29. The minimum Gasteiger partial charge on any atom is -0.0537 e. The fraction of sp³-hybridized carbons (Fsp3) is 0. The van der Waals surface area contributed by atoms with E-state index in [1.54, 1.807) is 0 Å². The van der Waals surface area contributed by atoms with E-state index in [0.717, 1.165) is 0 Å². The lowest BCUT2D eigenvalue weighted by atomic mass is 9.90. The maximum absolute atomic E-state index is 2.43. The van der Waals surface area contributed by atoms with Crippen LogP contribution < -0.4 is 0 Å². The molecule has 0 aliphatic rings. The summed E-state index contributed by atoms with van der Waals surface area (Å²) in [6.07, 6.45) is 0. The maximum atomic E-state index is 2.43. The van der Waals surface area contributed by atoms with Crippen molar-refractivity contribution < 1.29 is 0 Å². The first-order valence-electron chi connectivity index (χ1n) is 16.9. The van der Waals surface area contributed by atoms with Crippen molar-refractivity contribution in [2.45, 2.75) is 0 Å². The van der Waals surface area contributed by atoms with E-state index in [2.05, 4.69) is 146 Å². The summed E-state index contributed by atoms with van der Waals surface area (Å²) in [5.41, 5.74) is 0. The molecule has 0 aromatic heterocycles. The van der Waals surface area contributed by atoms with Gasteiger partial charge in [0.25, 0.3) is 0 Å². The number of benzene rings is 12. The standard InChI is InChI=1S/C48H24/c1-2-26-10-34-12-28-5-6-30-14-36-16-32-8-7-31-15-35-13-29-4-3-27-11-33-9-25(1)41-17-37(33)19-43(27)45(29)21-39(35)23-47(31)48(32)24-40(36)22-46(30)44(28)20-38(34)18-42(26)41/h1-24H. The van der Waals surface area contributed by atoms with Crippen molar-refractivity contribution in [1.29, 1.82) is 0 Å². The molecule has 0 amide bonds. The molecule has 0 nitrogen and oxygen atoms in total. The van der Waals surface area contributed by atoms with E-state index in [1.807, 2.05) is 0 Å². The predicted octanol–water partition coefficient (Wildman–Crippen LogP) is 13.8. The minimum atomic E-state index is 1.29. The smallest absolute Gasteiger partial charge is 0.00988 e. The van der Waals surface area contributed by atoms with E-state index < -0.39 is 0 Å². The molecule has 0 unspecified atom stereocenters. The molecule has 0 saturated carbocycles. The summed E-state index contributed by atoms with van der Waals surface area (Å²) >= 11 is 0. The summed E-state index contributed by atoms with van der Waals surface area (Å²) in [5, 5.41) is 31.1. The quantitative estimate of drug-likeness (QED) is 0.120. The first-order chi connectivity index (χ1) is 23.7. The van der Waals surface area contributed by atoms with Gasteiger partial charge in [-0.25, -0.2) is 0 Å². The van der Waals surface area contributed by atoms with Crippen LogP contribution in [0.1, 0.15) is 0 Å². The van der Waals surface area contributed by atoms with Gasteiger partial charge in [0.15, 0.2) is 0 Å². The molecule has 0 aliphatic heterocycles. The molecular weight excluding hydrogens is 577 g/mol. The Kier molecular flexibility index (Phi) is 4.00. The van der Waals surface area contributed by atoms with Crippen LogP contribution in [0.4, 0.5) is 0 Å². The van der Waals surface area contributed by atoms with Crippen LogP contribution in [-0.4, -0.2) is 0 Å². The van der Waals surface area contributed by atoms with E-state index in [4.69, 9.17) is 0 Å². The number of rotatable bonds is 0. The van der Waals surface area contributed by atoms with E-state index in [0.29, 0.717) is 0 Å². The fourth-order valence-corrected chi connectivity index (χ4v) is 9.23. The van der Waals surface area contributed by atoms with Crippen molar-refractivity contribution >= 4 is 129 Å². The van der Waals surface area contributed by atoms with Crippen LogP contribution >= 0.6 is 0 Å². The van der Waals surface area contributed by atoms with Gasteiger partial charge in [0.2, 0.25) is 0 Å². The highest BCUT2D eigenvalue weighted by Crippen LogP contribution is 2.40. The highest BCUT2D eigenvalue weighted by atomic mass is 14.2. The molecule has 0 fully saturated rings. The Labute approximate surface area is 274 Å². The van der Waals surface area contributed by atoms with Crippen LogP contribution in [-0.2, 0) is 0 Å². The van der Waals surface area contributed by atoms with Gasteiger partial charge in [0.05, 0.1) is 0 Å². The third-order valence-electron chi connectivity index (χ3n) is 11.6. The third kappa shape index (κ3) is 2.97. The Morgan fingerprint density at radius 2 is 0.250 bits per heavy atom. The van der Waals surface area contributed by atoms with Crippen molar-refractivity contribution in [3.8, 4) is 0 Å². The average molecular weight is 601 g/mol. The summed E-state index contributed by atoms with van der Waals surface area (Å²) in [4.78, 5) is 0. The molecule has 0 saturated heterocycles. The van der Waals surface area contributed by atoms with Gasteiger partial charge < -0.3 is 0 Å². The van der Waals surface area contributed by atoms with E-state index in [9.17, 15) is 0 Å². The van der Waals surface area contributed by atoms with Crippen molar-refractivity contribution in [1.82, 2.24) is 0 Å². The summed E-state index contributed by atoms with van der Waals surface area (Å²) in [6, 6.07) is 56.9. The lowest BCUT2D eigenvalue weighted by Gasteiger charge is -2.14. The van der Waals surface area contributed by atoms with Gasteiger partial charge in [-0.3, -0.25) is 0 Å². The fourth-order valence-electron chi connectivity index (χ4n) is 9.23. The van der Waals surface area contributed by atoms with E-state index in [-0.39, 0.29) is 0 Å². The summed E-state index contributed by atoms with van der Waals surface area (Å²) in [6.45, 7) is 0. The first kappa shape index (κ1) is 24.0. The van der Waals surface area contributed by atoms with E-state index in [1.165, 1.54) is 129 Å². The van der Waals surface area contributed by atoms with Gasteiger partial charge in [-0.05, 0) is 226 Å². The zero-order valence-electron chi connectivity index (χ0n) is 25.9. The molecule has 12 bridgehead atoms. The van der Waals surface area contributed by atoms with Crippen LogP contribution in [0.2, 0.25) is 0 Å². The largest absolute Gasteiger partial charge is 0.0537 e. The molecular formula is C48H24. The lowest BCUT2D eigenvalue weighted by molar-refractivity contribution is 1.80. The lowest BCUT2D eigenvalue weighted by Crippen LogP contribution is -1.86. The van der Waals surface area contributed by atoms with Crippen LogP contribution in [0.15, 0.2) is 146 Å². The molecule has 0 N–H and O–H groups in total. The van der Waals surface area contributed by atoms with Gasteiger partial charge in [-0.15, -0.1) is 0 Å². The van der Waals surface area contributed by atoms with Gasteiger partial charge >= 0.3 is 0 Å². The zero-order chi connectivity index (χ0) is 30.8. The van der Waals surface area contributed by atoms with Crippen LogP contribution in [0, 0.1) is 0 Å². The Bertz CT molecular complexity index is 2850. The predicted molar refractivity (Wildman–Crippen MR) is 210 cm³/mol. The van der Waals surface area contributed by atoms with Crippen LogP contribution in [0.3, 0.4) is 0 Å². The number of hydrogen-bond donors (Lipinski definition) is 0. The normalized spacial score (nSPS) is 13.0. The Morgan fingerprint density at radius 3 is 0.396 bits per heavy atom. The van der Waals surface area contributed by atoms with Gasteiger partial charge in [0.1, 0.15) is 0 Å². The summed E-state index contributed by atoms with van der Waals surface area (Å²) in [5.74, 6) is 0. The molecule has 0 heterocycles. The monoisotopic (exact) mass is 600 g/mol. The molecule has 13 rings (SSSR count). The molecule has 48 heavy (non-hydrogen) atoms. The van der Waals surface area contributed by atoms with Crippen molar-refractivity contribution in [2.75, 3.05) is 0 Å². The Balaban J connectivity index is 1.30. The molecule has 13 aromatic carbocycles. The van der Waals surface area contributed by atoms with Crippen molar-refractivity contribution in [3.05, 3.63) is 146 Å². The second kappa shape index (κ2) is 8.00. The topological polar surface area (TPSA) is 0 Å². The second-order valence-corrected chi connectivity index (χ2v) is 14.2. The first-order valence-corrected chi connectivity index (χ1v) is 16.9. The maximum Gasteiger partial charge on any atom is -0.00988 e. The van der Waals surface area contributed by atoms with Crippen molar-refractivity contribution in [3.63, 3.8) is 0 Å². The number of hydrogen-bond acceptors (Lipinski definition) is 0. The van der Waals surface area contributed by atoms with Gasteiger partial charge in [0, 0.05) is 0 Å². The summed E-state index contributed by atoms with van der Waals surface area (Å²) in [7, 11) is 0. The molecule has 0 radical (unpaired) electrons. The zero-order valence-corrected chi connectivity index (χ0v) is 25.9. The molecule has 13 aromatic rings. The highest BCUT2D eigenvalue weighted by molar-refractivity contribution is 6.23. The molecule has 0 aliphatic carbocycles. The van der Waals surface area contributed by atoms with Crippen LogP contribution in [0.25, 0.3) is 129 Å². The SMILES string of the molecule is c1cc2cc3cc4ccc5cc6cc7ccc8cc9cc%10ccc%11cc%12cc1c1cc%12cc%11c%10cc9cc8c7cc6cc5c4cc3cc21. The average Bonchev–Trinajstić information content (AvgIpc) is 3.11. The molecule has 0 spiro atoms. The van der Waals surface area contributed by atoms with Gasteiger partial charge in [-0.1, -0.05) is 48.5 Å². The third-order valence-corrected chi connectivity index (χ3v) is 11.6. The Morgan fingerprint density at radius 1 is 0.125 bits per heavy atom. The van der Waals surface area contributed by atoms with Gasteiger partial charge in [-0.2, -0.15) is 0 Å². The molecule has 0 atom stereocenters.